The van der Waals surface area contributed by atoms with E-state index in [0.717, 1.165) is 0 Å². The molecule has 0 unspecified atom stereocenters. The molecule has 21 heavy (non-hydrogen) atoms. The van der Waals surface area contributed by atoms with E-state index in [1.165, 1.54) is 10.9 Å². The van der Waals surface area contributed by atoms with E-state index in [9.17, 15) is 9.90 Å². The first kappa shape index (κ1) is 13.3. The summed E-state index contributed by atoms with van der Waals surface area (Å²) in [5, 5.41) is 14.3. The molecule has 0 aliphatic carbocycles. The molecule has 1 aromatic carbocycles. The van der Waals surface area contributed by atoms with E-state index in [0.29, 0.717) is 22.0 Å². The third-order valence-corrected chi connectivity index (χ3v) is 3.19. The molecule has 0 fully saturated rings. The molecule has 2 heterocycles. The van der Waals surface area contributed by atoms with Crippen molar-refractivity contribution in [3.8, 4) is 16.9 Å². The van der Waals surface area contributed by atoms with Gasteiger partial charge in [0.05, 0.1) is 5.69 Å². The van der Waals surface area contributed by atoms with Gasteiger partial charge in [-0.1, -0.05) is 17.7 Å². The monoisotopic (exact) mass is 299 g/mol. The zero-order chi connectivity index (χ0) is 14.8. The number of carbonyl (C=O) groups is 1. The highest BCUT2D eigenvalue weighted by Crippen LogP contribution is 2.23. The molecule has 0 radical (unpaired) electrons. The fourth-order valence-electron chi connectivity index (χ4n) is 2.00. The van der Waals surface area contributed by atoms with Gasteiger partial charge in [0.1, 0.15) is 11.3 Å². The number of pyridine rings is 1. The lowest BCUT2D eigenvalue weighted by Crippen LogP contribution is -1.96. The predicted octanol–water partition coefficient (Wildman–Crippen LogP) is 3.29. The lowest BCUT2D eigenvalue weighted by Gasteiger charge is -2.01. The van der Waals surface area contributed by atoms with Gasteiger partial charge in [-0.2, -0.15) is 5.10 Å². The number of aromatic nitrogens is 3. The second kappa shape index (κ2) is 5.38. The molecule has 0 saturated carbocycles. The summed E-state index contributed by atoms with van der Waals surface area (Å²) in [6.07, 6.45) is 4.67. The van der Waals surface area contributed by atoms with Crippen LogP contribution in [0.5, 0.6) is 0 Å². The van der Waals surface area contributed by atoms with E-state index >= 15 is 0 Å². The first-order valence-electron chi connectivity index (χ1n) is 6.14. The van der Waals surface area contributed by atoms with Crippen LogP contribution in [-0.2, 0) is 0 Å². The number of hydrogen-bond donors (Lipinski definition) is 1. The SMILES string of the molecule is O=C(O)c1cn(-c2cccc(Cl)c2)nc1-c1cccnc1. The lowest BCUT2D eigenvalue weighted by molar-refractivity contribution is 0.0697. The van der Waals surface area contributed by atoms with Gasteiger partial charge in [-0.05, 0) is 30.3 Å². The Morgan fingerprint density at radius 3 is 2.76 bits per heavy atom. The quantitative estimate of drug-likeness (QED) is 0.806. The van der Waals surface area contributed by atoms with Crippen molar-refractivity contribution in [1.29, 1.82) is 0 Å². The summed E-state index contributed by atoms with van der Waals surface area (Å²) in [5.74, 6) is -1.04. The molecule has 6 heteroatoms. The fraction of sp³-hybridized carbons (Fsp3) is 0. The highest BCUT2D eigenvalue weighted by molar-refractivity contribution is 6.30. The molecule has 0 aliphatic heterocycles. The van der Waals surface area contributed by atoms with Gasteiger partial charge >= 0.3 is 5.97 Å². The first-order valence-corrected chi connectivity index (χ1v) is 6.52. The zero-order valence-electron chi connectivity index (χ0n) is 10.8. The highest BCUT2D eigenvalue weighted by atomic mass is 35.5. The van der Waals surface area contributed by atoms with Crippen LogP contribution in [0.1, 0.15) is 10.4 Å². The van der Waals surface area contributed by atoms with Gasteiger partial charge in [0.15, 0.2) is 0 Å². The maximum atomic E-state index is 11.4. The molecule has 3 rings (SSSR count). The Labute approximate surface area is 125 Å². The summed E-state index contributed by atoms with van der Waals surface area (Å²) in [6, 6.07) is 10.5. The largest absolute Gasteiger partial charge is 0.478 e. The third kappa shape index (κ3) is 2.64. The van der Waals surface area contributed by atoms with Crippen LogP contribution in [0.25, 0.3) is 16.9 Å². The van der Waals surface area contributed by atoms with Crippen LogP contribution in [0, 0.1) is 0 Å². The molecule has 0 saturated heterocycles. The standard InChI is InChI=1S/C15H10ClN3O2/c16-11-4-1-5-12(7-11)19-9-13(15(20)21)14(18-19)10-3-2-6-17-8-10/h1-9H,(H,20,21). The lowest BCUT2D eigenvalue weighted by atomic mass is 10.1. The summed E-state index contributed by atoms with van der Waals surface area (Å²) in [5.41, 5.74) is 1.83. The van der Waals surface area contributed by atoms with Crippen molar-refractivity contribution < 1.29 is 9.90 Å². The van der Waals surface area contributed by atoms with Crippen LogP contribution in [-0.4, -0.2) is 25.8 Å². The van der Waals surface area contributed by atoms with E-state index in [2.05, 4.69) is 10.1 Å². The van der Waals surface area contributed by atoms with Crippen LogP contribution in [0.15, 0.2) is 55.0 Å². The van der Waals surface area contributed by atoms with Crippen LogP contribution in [0.4, 0.5) is 0 Å². The van der Waals surface area contributed by atoms with Crippen LogP contribution >= 0.6 is 11.6 Å². The third-order valence-electron chi connectivity index (χ3n) is 2.95. The molecular weight excluding hydrogens is 290 g/mol. The molecular formula is C15H10ClN3O2. The van der Waals surface area contributed by atoms with Crippen molar-refractivity contribution in [2.24, 2.45) is 0 Å². The Balaban J connectivity index is 2.15. The van der Waals surface area contributed by atoms with Crippen molar-refractivity contribution in [2.45, 2.75) is 0 Å². The average molecular weight is 300 g/mol. The summed E-state index contributed by atoms with van der Waals surface area (Å²) in [6.45, 7) is 0. The van der Waals surface area contributed by atoms with E-state index in [4.69, 9.17) is 11.6 Å². The summed E-state index contributed by atoms with van der Waals surface area (Å²) < 4.78 is 1.50. The van der Waals surface area contributed by atoms with E-state index in [-0.39, 0.29) is 5.56 Å². The Bertz CT molecular complexity index is 800. The van der Waals surface area contributed by atoms with Gasteiger partial charge in [0.2, 0.25) is 0 Å². The average Bonchev–Trinajstić information content (AvgIpc) is 2.93. The second-order valence-corrected chi connectivity index (χ2v) is 4.80. The zero-order valence-corrected chi connectivity index (χ0v) is 11.5. The van der Waals surface area contributed by atoms with Crippen molar-refractivity contribution in [1.82, 2.24) is 14.8 Å². The number of carboxylic acid groups (broad SMARTS) is 1. The minimum absolute atomic E-state index is 0.114. The van der Waals surface area contributed by atoms with Crippen molar-refractivity contribution >= 4 is 17.6 Å². The molecule has 3 aromatic rings. The number of nitrogens with zero attached hydrogens (tertiary/aromatic N) is 3. The molecule has 0 atom stereocenters. The summed E-state index contributed by atoms with van der Waals surface area (Å²) in [7, 11) is 0. The van der Waals surface area contributed by atoms with Crippen LogP contribution in [0.3, 0.4) is 0 Å². The number of aromatic carboxylic acids is 1. The smallest absolute Gasteiger partial charge is 0.339 e. The van der Waals surface area contributed by atoms with Crippen LogP contribution < -0.4 is 0 Å². The van der Waals surface area contributed by atoms with Crippen molar-refractivity contribution in [3.05, 3.63) is 65.6 Å². The minimum Gasteiger partial charge on any atom is -0.478 e. The molecule has 0 amide bonds. The van der Waals surface area contributed by atoms with Gasteiger partial charge in [0, 0.05) is 29.2 Å². The molecule has 5 nitrogen and oxygen atoms in total. The van der Waals surface area contributed by atoms with E-state index < -0.39 is 5.97 Å². The molecule has 0 aliphatic rings. The van der Waals surface area contributed by atoms with E-state index in [1.807, 2.05) is 0 Å². The second-order valence-electron chi connectivity index (χ2n) is 4.36. The maximum Gasteiger partial charge on any atom is 0.339 e. The molecule has 104 valence electrons. The molecule has 0 spiro atoms. The molecule has 0 bridgehead atoms. The normalized spacial score (nSPS) is 10.5. The van der Waals surface area contributed by atoms with Crippen molar-refractivity contribution in [3.63, 3.8) is 0 Å². The van der Waals surface area contributed by atoms with Gasteiger partial charge < -0.3 is 5.11 Å². The Morgan fingerprint density at radius 2 is 2.10 bits per heavy atom. The number of carboxylic acids is 1. The highest BCUT2D eigenvalue weighted by Gasteiger charge is 2.17. The molecule has 2 aromatic heterocycles. The van der Waals surface area contributed by atoms with Gasteiger partial charge in [-0.25, -0.2) is 9.48 Å². The summed E-state index contributed by atoms with van der Waals surface area (Å²) >= 11 is 5.95. The number of hydrogen-bond acceptors (Lipinski definition) is 3. The molecule has 1 N–H and O–H groups in total. The maximum absolute atomic E-state index is 11.4. The topological polar surface area (TPSA) is 68.0 Å². The first-order chi connectivity index (χ1) is 10.1. The van der Waals surface area contributed by atoms with E-state index in [1.54, 1.807) is 48.8 Å². The van der Waals surface area contributed by atoms with Crippen molar-refractivity contribution in [2.75, 3.05) is 0 Å². The number of benzene rings is 1. The Morgan fingerprint density at radius 1 is 1.24 bits per heavy atom. The number of rotatable bonds is 3. The van der Waals surface area contributed by atoms with Gasteiger partial charge in [0.25, 0.3) is 0 Å². The van der Waals surface area contributed by atoms with Gasteiger partial charge in [-0.3, -0.25) is 4.98 Å². The predicted molar refractivity (Wildman–Crippen MR) is 78.8 cm³/mol. The minimum atomic E-state index is -1.04. The Hall–Kier alpha value is -2.66. The number of halogens is 1. The van der Waals surface area contributed by atoms with Gasteiger partial charge in [-0.15, -0.1) is 0 Å². The summed E-state index contributed by atoms with van der Waals surface area (Å²) in [4.78, 5) is 15.4. The fourth-order valence-corrected chi connectivity index (χ4v) is 2.18. The Kier molecular flexibility index (Phi) is 3.41. The van der Waals surface area contributed by atoms with Crippen LogP contribution in [0.2, 0.25) is 5.02 Å².